The lowest BCUT2D eigenvalue weighted by atomic mass is 10.1. The van der Waals surface area contributed by atoms with Gasteiger partial charge < -0.3 is 14.7 Å². The molecule has 2 aliphatic heterocycles. The minimum Gasteiger partial charge on any atom is -0.452 e. The zero-order valence-corrected chi connectivity index (χ0v) is 7.10. The molecule has 1 N–H and O–H groups in total. The van der Waals surface area contributed by atoms with E-state index in [4.69, 9.17) is 9.84 Å². The summed E-state index contributed by atoms with van der Waals surface area (Å²) in [5.41, 5.74) is 0. The first kappa shape index (κ1) is 8.50. The van der Waals surface area contributed by atoms with Crippen molar-refractivity contribution in [1.29, 1.82) is 0 Å². The van der Waals surface area contributed by atoms with Gasteiger partial charge in [-0.1, -0.05) is 0 Å². The lowest BCUT2D eigenvalue weighted by Crippen LogP contribution is -2.56. The molecule has 5 nitrogen and oxygen atoms in total. The van der Waals surface area contributed by atoms with E-state index in [0.29, 0.717) is 25.9 Å². The summed E-state index contributed by atoms with van der Waals surface area (Å²) in [6.07, 6.45) is -0.196. The third kappa shape index (κ3) is 1.51. The largest absolute Gasteiger partial charge is 0.452 e. The second-order valence-electron chi connectivity index (χ2n) is 3.41. The molecule has 2 heterocycles. The third-order valence-electron chi connectivity index (χ3n) is 2.33. The van der Waals surface area contributed by atoms with Crippen LogP contribution in [0.15, 0.2) is 0 Å². The van der Waals surface area contributed by atoms with Gasteiger partial charge in [0.2, 0.25) is 0 Å². The van der Waals surface area contributed by atoms with Crippen molar-refractivity contribution in [3.8, 4) is 0 Å². The van der Waals surface area contributed by atoms with Crippen LogP contribution in [0, 0.1) is 0 Å². The summed E-state index contributed by atoms with van der Waals surface area (Å²) in [6, 6.07) is 0. The van der Waals surface area contributed by atoms with E-state index in [1.807, 2.05) is 0 Å². The van der Waals surface area contributed by atoms with Crippen LogP contribution in [-0.2, 0) is 14.3 Å². The van der Waals surface area contributed by atoms with Crippen LogP contribution < -0.4 is 0 Å². The van der Waals surface area contributed by atoms with Crippen molar-refractivity contribution in [2.75, 3.05) is 13.1 Å². The molecule has 2 rings (SSSR count). The van der Waals surface area contributed by atoms with Gasteiger partial charge >= 0.3 is 5.97 Å². The molecule has 1 amide bonds. The number of aliphatic hydroxyl groups excluding tert-OH is 1. The summed E-state index contributed by atoms with van der Waals surface area (Å²) in [5.74, 6) is -0.476. The molecule has 0 spiro atoms. The van der Waals surface area contributed by atoms with Gasteiger partial charge in [-0.05, 0) is 0 Å². The van der Waals surface area contributed by atoms with E-state index in [1.165, 1.54) is 4.90 Å². The number of β-amino-alcohol motifs (C(OH)–C–C–N with tert-alkyl or cyclic N) is 1. The first-order valence-electron chi connectivity index (χ1n) is 4.33. The van der Waals surface area contributed by atoms with Gasteiger partial charge in [-0.2, -0.15) is 0 Å². The van der Waals surface area contributed by atoms with Gasteiger partial charge in [0, 0.05) is 25.9 Å². The molecule has 2 fully saturated rings. The fourth-order valence-corrected chi connectivity index (χ4v) is 1.54. The summed E-state index contributed by atoms with van der Waals surface area (Å²) in [5, 5.41) is 8.96. The van der Waals surface area contributed by atoms with Crippen LogP contribution >= 0.6 is 0 Å². The predicted molar refractivity (Wildman–Crippen MR) is 41.7 cm³/mol. The SMILES string of the molecule is O=C1CCC(C(=O)N2CC(O)C2)O1. The zero-order chi connectivity index (χ0) is 9.42. The van der Waals surface area contributed by atoms with Gasteiger partial charge in [0.15, 0.2) is 6.10 Å². The van der Waals surface area contributed by atoms with Gasteiger partial charge in [-0.15, -0.1) is 0 Å². The molecule has 13 heavy (non-hydrogen) atoms. The fourth-order valence-electron chi connectivity index (χ4n) is 1.54. The third-order valence-corrected chi connectivity index (χ3v) is 2.33. The minimum absolute atomic E-state index is 0.170. The van der Waals surface area contributed by atoms with Crippen LogP contribution in [0.4, 0.5) is 0 Å². The van der Waals surface area contributed by atoms with Crippen LogP contribution in [0.5, 0.6) is 0 Å². The van der Waals surface area contributed by atoms with E-state index in [-0.39, 0.29) is 11.9 Å². The summed E-state index contributed by atoms with van der Waals surface area (Å²) in [7, 11) is 0. The van der Waals surface area contributed by atoms with Crippen molar-refractivity contribution >= 4 is 11.9 Å². The lowest BCUT2D eigenvalue weighted by molar-refractivity contribution is -0.158. The van der Waals surface area contributed by atoms with Gasteiger partial charge in [-0.25, -0.2) is 0 Å². The molecule has 0 bridgehead atoms. The Hall–Kier alpha value is -1.10. The van der Waals surface area contributed by atoms with Crippen molar-refractivity contribution in [1.82, 2.24) is 4.90 Å². The molecule has 1 atom stereocenters. The highest BCUT2D eigenvalue weighted by molar-refractivity contribution is 5.87. The fraction of sp³-hybridized carbons (Fsp3) is 0.750. The Morgan fingerprint density at radius 1 is 1.54 bits per heavy atom. The molecule has 2 aliphatic rings. The second kappa shape index (κ2) is 2.99. The Labute approximate surface area is 75.3 Å². The van der Waals surface area contributed by atoms with E-state index < -0.39 is 12.2 Å². The quantitative estimate of drug-likeness (QED) is 0.526. The molecule has 0 radical (unpaired) electrons. The summed E-state index contributed by atoms with van der Waals surface area (Å²) in [6.45, 7) is 0.736. The standard InChI is InChI=1S/C8H11NO4/c10-5-3-9(4-5)8(12)6-1-2-7(11)13-6/h5-6,10H,1-4H2. The molecule has 0 aromatic heterocycles. The number of ether oxygens (including phenoxy) is 1. The molecule has 5 heteroatoms. The van der Waals surface area contributed by atoms with Gasteiger partial charge in [0.1, 0.15) is 0 Å². The number of carbonyl (C=O) groups is 2. The first-order valence-corrected chi connectivity index (χ1v) is 4.33. The Bertz CT molecular complexity index is 247. The van der Waals surface area contributed by atoms with E-state index in [2.05, 4.69) is 0 Å². The van der Waals surface area contributed by atoms with E-state index in [9.17, 15) is 9.59 Å². The number of hydrogen-bond donors (Lipinski definition) is 1. The van der Waals surface area contributed by atoms with E-state index in [0.717, 1.165) is 0 Å². The van der Waals surface area contributed by atoms with Gasteiger partial charge in [0.05, 0.1) is 6.10 Å². The van der Waals surface area contributed by atoms with Gasteiger partial charge in [-0.3, -0.25) is 9.59 Å². The van der Waals surface area contributed by atoms with Crippen molar-refractivity contribution in [2.24, 2.45) is 0 Å². The van der Waals surface area contributed by atoms with Crippen molar-refractivity contribution < 1.29 is 19.4 Å². The number of hydrogen-bond acceptors (Lipinski definition) is 4. The highest BCUT2D eigenvalue weighted by Crippen LogP contribution is 2.19. The smallest absolute Gasteiger partial charge is 0.306 e. The number of amides is 1. The average Bonchev–Trinajstić information content (AvgIpc) is 2.45. The maximum atomic E-state index is 11.5. The second-order valence-corrected chi connectivity index (χ2v) is 3.41. The number of likely N-dealkylation sites (tertiary alicyclic amines) is 1. The van der Waals surface area contributed by atoms with Crippen LogP contribution in [0.3, 0.4) is 0 Å². The normalized spacial score (nSPS) is 28.5. The Balaban J connectivity index is 1.87. The monoisotopic (exact) mass is 185 g/mol. The molecular formula is C8H11NO4. The molecule has 0 aliphatic carbocycles. The number of nitrogens with zero attached hydrogens (tertiary/aromatic N) is 1. The zero-order valence-electron chi connectivity index (χ0n) is 7.10. The molecule has 2 saturated heterocycles. The van der Waals surface area contributed by atoms with Crippen LogP contribution in [0.2, 0.25) is 0 Å². The minimum atomic E-state index is -0.597. The maximum Gasteiger partial charge on any atom is 0.306 e. The Kier molecular flexibility index (Phi) is 1.95. The maximum absolute atomic E-state index is 11.5. The predicted octanol–water partition coefficient (Wildman–Crippen LogP) is -1.10. The Morgan fingerprint density at radius 2 is 2.23 bits per heavy atom. The van der Waals surface area contributed by atoms with Crippen molar-refractivity contribution in [2.45, 2.75) is 25.0 Å². The molecule has 0 aromatic carbocycles. The number of carbonyl (C=O) groups excluding carboxylic acids is 2. The molecule has 72 valence electrons. The van der Waals surface area contributed by atoms with E-state index >= 15 is 0 Å². The number of aliphatic hydroxyl groups is 1. The topological polar surface area (TPSA) is 66.8 Å². The highest BCUT2D eigenvalue weighted by atomic mass is 16.6. The number of rotatable bonds is 1. The lowest BCUT2D eigenvalue weighted by Gasteiger charge is -2.36. The van der Waals surface area contributed by atoms with Gasteiger partial charge in [0.25, 0.3) is 5.91 Å². The van der Waals surface area contributed by atoms with Crippen molar-refractivity contribution in [3.05, 3.63) is 0 Å². The first-order chi connectivity index (χ1) is 6.16. The summed E-state index contributed by atoms with van der Waals surface area (Å²) in [4.78, 5) is 23.7. The van der Waals surface area contributed by atoms with Crippen molar-refractivity contribution in [3.63, 3.8) is 0 Å². The van der Waals surface area contributed by atoms with Crippen LogP contribution in [0.1, 0.15) is 12.8 Å². The molecule has 0 saturated carbocycles. The summed E-state index contributed by atoms with van der Waals surface area (Å²) < 4.78 is 4.80. The number of cyclic esters (lactones) is 1. The van der Waals surface area contributed by atoms with Crippen LogP contribution in [-0.4, -0.2) is 47.2 Å². The number of esters is 1. The highest BCUT2D eigenvalue weighted by Gasteiger charge is 2.37. The Morgan fingerprint density at radius 3 is 2.69 bits per heavy atom. The van der Waals surface area contributed by atoms with Crippen LogP contribution in [0.25, 0.3) is 0 Å². The molecule has 1 unspecified atom stereocenters. The summed E-state index contributed by atoms with van der Waals surface area (Å²) >= 11 is 0. The average molecular weight is 185 g/mol. The van der Waals surface area contributed by atoms with E-state index in [1.54, 1.807) is 0 Å². The molecule has 0 aromatic rings. The molecular weight excluding hydrogens is 174 g/mol.